The van der Waals surface area contributed by atoms with Crippen LogP contribution in [0.1, 0.15) is 43.7 Å². The summed E-state index contributed by atoms with van der Waals surface area (Å²) < 4.78 is 38.1. The van der Waals surface area contributed by atoms with E-state index in [1.807, 2.05) is 18.2 Å². The lowest BCUT2D eigenvalue weighted by Crippen LogP contribution is -2.42. The first kappa shape index (κ1) is 24.1. The summed E-state index contributed by atoms with van der Waals surface area (Å²) >= 11 is 0. The highest BCUT2D eigenvalue weighted by atomic mass is 32.2. The Kier molecular flexibility index (Phi) is 7.79. The highest BCUT2D eigenvalue weighted by molar-refractivity contribution is 7.89. The molecule has 0 saturated carbocycles. The fourth-order valence-corrected chi connectivity index (χ4v) is 5.35. The zero-order valence-corrected chi connectivity index (χ0v) is 19.9. The molecule has 32 heavy (non-hydrogen) atoms. The minimum atomic E-state index is -3.55. The molecule has 0 radical (unpaired) electrons. The number of rotatable bonds is 8. The van der Waals surface area contributed by atoms with Gasteiger partial charge in [-0.15, -0.1) is 0 Å². The molecule has 7 nitrogen and oxygen atoms in total. The van der Waals surface area contributed by atoms with Crippen molar-refractivity contribution in [2.24, 2.45) is 5.92 Å². The number of piperidine rings is 1. The SMILES string of the molecule is COc1ccc(OC)c(CNC(=O)C2CCN(S(=O)(=O)c3ccc(C(C)C)cc3)CC2)c1. The van der Waals surface area contributed by atoms with Gasteiger partial charge in [0.1, 0.15) is 11.5 Å². The van der Waals surface area contributed by atoms with Gasteiger partial charge in [0, 0.05) is 31.1 Å². The van der Waals surface area contributed by atoms with E-state index in [1.165, 1.54) is 4.31 Å². The number of methoxy groups -OCH3 is 2. The minimum absolute atomic E-state index is 0.0757. The molecule has 174 valence electrons. The van der Waals surface area contributed by atoms with Gasteiger partial charge in [-0.05, 0) is 54.7 Å². The van der Waals surface area contributed by atoms with Crippen molar-refractivity contribution in [2.75, 3.05) is 27.3 Å². The van der Waals surface area contributed by atoms with Gasteiger partial charge in [0.2, 0.25) is 15.9 Å². The Morgan fingerprint density at radius 3 is 2.28 bits per heavy atom. The minimum Gasteiger partial charge on any atom is -0.497 e. The topological polar surface area (TPSA) is 84.9 Å². The zero-order valence-electron chi connectivity index (χ0n) is 19.1. The maximum absolute atomic E-state index is 13.0. The van der Waals surface area contributed by atoms with Crippen LogP contribution in [0.25, 0.3) is 0 Å². The van der Waals surface area contributed by atoms with Crippen molar-refractivity contribution in [2.45, 2.75) is 44.0 Å². The lowest BCUT2D eigenvalue weighted by Gasteiger charge is -2.30. The molecule has 1 fully saturated rings. The molecule has 2 aromatic carbocycles. The number of nitrogens with one attached hydrogen (secondary N) is 1. The first-order chi connectivity index (χ1) is 15.3. The molecule has 1 N–H and O–H groups in total. The lowest BCUT2D eigenvalue weighted by molar-refractivity contribution is -0.126. The molecule has 0 aromatic heterocycles. The van der Waals surface area contributed by atoms with Crippen LogP contribution in [0.5, 0.6) is 11.5 Å². The van der Waals surface area contributed by atoms with Gasteiger partial charge in [0.25, 0.3) is 0 Å². The van der Waals surface area contributed by atoms with Crippen molar-refractivity contribution in [1.82, 2.24) is 9.62 Å². The van der Waals surface area contributed by atoms with Gasteiger partial charge in [-0.25, -0.2) is 8.42 Å². The Balaban J connectivity index is 1.57. The van der Waals surface area contributed by atoms with Crippen LogP contribution in [0.2, 0.25) is 0 Å². The van der Waals surface area contributed by atoms with Gasteiger partial charge in [-0.2, -0.15) is 4.31 Å². The van der Waals surface area contributed by atoms with Gasteiger partial charge < -0.3 is 14.8 Å². The lowest BCUT2D eigenvalue weighted by atomic mass is 9.97. The fourth-order valence-electron chi connectivity index (χ4n) is 3.88. The van der Waals surface area contributed by atoms with E-state index < -0.39 is 10.0 Å². The second-order valence-electron chi connectivity index (χ2n) is 8.30. The molecule has 8 heteroatoms. The van der Waals surface area contributed by atoms with Gasteiger partial charge in [0.05, 0.1) is 19.1 Å². The van der Waals surface area contributed by atoms with Gasteiger partial charge >= 0.3 is 0 Å². The third-order valence-electron chi connectivity index (χ3n) is 5.95. The number of nitrogens with zero attached hydrogens (tertiary/aromatic N) is 1. The van der Waals surface area contributed by atoms with Crippen molar-refractivity contribution in [3.8, 4) is 11.5 Å². The number of ether oxygens (including phenoxy) is 2. The highest BCUT2D eigenvalue weighted by Gasteiger charge is 2.32. The molecule has 2 aromatic rings. The van der Waals surface area contributed by atoms with Crippen molar-refractivity contribution in [3.63, 3.8) is 0 Å². The van der Waals surface area contributed by atoms with Crippen LogP contribution in [0, 0.1) is 5.92 Å². The molecule has 1 saturated heterocycles. The van der Waals surface area contributed by atoms with Crippen molar-refractivity contribution >= 4 is 15.9 Å². The third-order valence-corrected chi connectivity index (χ3v) is 7.86. The van der Waals surface area contributed by atoms with Crippen molar-refractivity contribution in [3.05, 3.63) is 53.6 Å². The summed E-state index contributed by atoms with van der Waals surface area (Å²) in [7, 11) is -0.383. The average Bonchev–Trinajstić information content (AvgIpc) is 2.82. The van der Waals surface area contributed by atoms with E-state index in [0.29, 0.717) is 54.8 Å². The first-order valence-electron chi connectivity index (χ1n) is 10.8. The van der Waals surface area contributed by atoms with Crippen LogP contribution in [0.3, 0.4) is 0 Å². The Bertz CT molecular complexity index is 1030. The van der Waals surface area contributed by atoms with Crippen molar-refractivity contribution in [1.29, 1.82) is 0 Å². The molecular formula is C24H32N2O5S. The predicted octanol–water partition coefficient (Wildman–Crippen LogP) is 3.54. The van der Waals surface area contributed by atoms with E-state index in [2.05, 4.69) is 19.2 Å². The molecule has 0 aliphatic carbocycles. The summed E-state index contributed by atoms with van der Waals surface area (Å²) in [6.07, 6.45) is 0.981. The van der Waals surface area contributed by atoms with E-state index in [9.17, 15) is 13.2 Å². The molecular weight excluding hydrogens is 428 g/mol. The van der Waals surface area contributed by atoms with Gasteiger partial charge in [0.15, 0.2) is 0 Å². The number of amides is 1. The van der Waals surface area contributed by atoms with E-state index >= 15 is 0 Å². The monoisotopic (exact) mass is 460 g/mol. The second kappa shape index (κ2) is 10.4. The maximum atomic E-state index is 13.0. The van der Waals surface area contributed by atoms with E-state index in [-0.39, 0.29) is 11.8 Å². The Labute approximate surface area is 190 Å². The van der Waals surface area contributed by atoms with Crippen LogP contribution in [0.15, 0.2) is 47.4 Å². The molecule has 1 heterocycles. The van der Waals surface area contributed by atoms with Crippen LogP contribution < -0.4 is 14.8 Å². The molecule has 1 aliphatic rings. The van der Waals surface area contributed by atoms with Gasteiger partial charge in [-0.1, -0.05) is 26.0 Å². The molecule has 3 rings (SSSR count). The molecule has 1 aliphatic heterocycles. The number of carbonyl (C=O) groups is 1. The molecule has 0 atom stereocenters. The largest absolute Gasteiger partial charge is 0.497 e. The number of sulfonamides is 1. The van der Waals surface area contributed by atoms with Gasteiger partial charge in [-0.3, -0.25) is 4.79 Å². The third kappa shape index (κ3) is 5.42. The predicted molar refractivity (Wildman–Crippen MR) is 123 cm³/mol. The number of carbonyl (C=O) groups excluding carboxylic acids is 1. The summed E-state index contributed by atoms with van der Waals surface area (Å²) in [4.78, 5) is 13.0. The smallest absolute Gasteiger partial charge is 0.243 e. The molecule has 0 unspecified atom stereocenters. The average molecular weight is 461 g/mol. The number of hydrogen-bond donors (Lipinski definition) is 1. The Morgan fingerprint density at radius 2 is 1.72 bits per heavy atom. The molecule has 1 amide bonds. The standard InChI is InChI=1S/C24H32N2O5S/c1-17(2)18-5-8-22(9-6-18)32(28,29)26-13-11-19(12-14-26)24(27)25-16-20-15-21(30-3)7-10-23(20)31-4/h5-10,15,17,19H,11-14,16H2,1-4H3,(H,25,27). The van der Waals surface area contributed by atoms with Crippen LogP contribution in [0.4, 0.5) is 0 Å². The van der Waals surface area contributed by atoms with E-state index in [0.717, 1.165) is 11.1 Å². The maximum Gasteiger partial charge on any atom is 0.243 e. The van der Waals surface area contributed by atoms with Crippen LogP contribution in [-0.4, -0.2) is 45.9 Å². The summed E-state index contributed by atoms with van der Waals surface area (Å²) in [5.74, 6) is 1.41. The van der Waals surface area contributed by atoms with Crippen LogP contribution in [-0.2, 0) is 21.4 Å². The summed E-state index contributed by atoms with van der Waals surface area (Å²) in [6.45, 7) is 5.12. The summed E-state index contributed by atoms with van der Waals surface area (Å²) in [6, 6.07) is 12.5. The van der Waals surface area contributed by atoms with Crippen molar-refractivity contribution < 1.29 is 22.7 Å². The number of hydrogen-bond acceptors (Lipinski definition) is 5. The van der Waals surface area contributed by atoms with Crippen LogP contribution >= 0.6 is 0 Å². The quantitative estimate of drug-likeness (QED) is 0.651. The first-order valence-corrected chi connectivity index (χ1v) is 12.3. The summed E-state index contributed by atoms with van der Waals surface area (Å²) in [5.41, 5.74) is 1.93. The Hall–Kier alpha value is -2.58. The zero-order chi connectivity index (χ0) is 23.3. The fraction of sp³-hybridized carbons (Fsp3) is 0.458. The highest BCUT2D eigenvalue weighted by Crippen LogP contribution is 2.27. The molecule has 0 spiro atoms. The normalized spacial score (nSPS) is 15.5. The van der Waals surface area contributed by atoms with E-state index in [4.69, 9.17) is 9.47 Å². The summed E-state index contributed by atoms with van der Waals surface area (Å²) in [5, 5.41) is 2.95. The second-order valence-corrected chi connectivity index (χ2v) is 10.2. The molecule has 0 bridgehead atoms. The van der Waals surface area contributed by atoms with E-state index in [1.54, 1.807) is 38.5 Å². The number of benzene rings is 2. The Morgan fingerprint density at radius 1 is 1.06 bits per heavy atom.